The topological polar surface area (TPSA) is 49.4 Å². The lowest BCUT2D eigenvalue weighted by atomic mass is 9.99. The zero-order chi connectivity index (χ0) is 12.3. The van der Waals surface area contributed by atoms with Crippen LogP contribution in [-0.4, -0.2) is 57.5 Å². The fourth-order valence-corrected chi connectivity index (χ4v) is 3.12. The molecule has 1 saturated heterocycles. The van der Waals surface area contributed by atoms with Gasteiger partial charge in [-0.2, -0.15) is 0 Å². The van der Waals surface area contributed by atoms with E-state index in [1.807, 2.05) is 0 Å². The molecule has 0 bridgehead atoms. The molecule has 0 amide bonds. The number of rotatable bonds is 6. The Hall–Kier alpha value is 0.160. The molecule has 0 radical (unpaired) electrons. The third-order valence-electron chi connectivity index (χ3n) is 3.70. The molecule has 108 valence electrons. The highest BCUT2D eigenvalue weighted by Gasteiger charge is 2.31. The summed E-state index contributed by atoms with van der Waals surface area (Å²) in [7, 11) is -2.82. The van der Waals surface area contributed by atoms with Gasteiger partial charge in [-0.15, -0.1) is 12.4 Å². The fourth-order valence-electron chi connectivity index (χ4n) is 2.56. The highest BCUT2D eigenvalue weighted by Crippen LogP contribution is 2.28. The molecule has 6 heteroatoms. The summed E-state index contributed by atoms with van der Waals surface area (Å²) >= 11 is 0. The second kappa shape index (κ2) is 7.08. The van der Waals surface area contributed by atoms with Gasteiger partial charge in [0.2, 0.25) is 0 Å². The maximum Gasteiger partial charge on any atom is 0.148 e. The Labute approximate surface area is 117 Å². The molecule has 1 aliphatic heterocycles. The van der Waals surface area contributed by atoms with Gasteiger partial charge in [0.1, 0.15) is 9.84 Å². The van der Waals surface area contributed by atoms with E-state index in [0.717, 1.165) is 26.2 Å². The zero-order valence-electron chi connectivity index (χ0n) is 11.1. The Morgan fingerprint density at radius 2 is 2.00 bits per heavy atom. The van der Waals surface area contributed by atoms with Crippen molar-refractivity contribution in [2.75, 3.05) is 38.2 Å². The van der Waals surface area contributed by atoms with Crippen molar-refractivity contribution in [3.63, 3.8) is 0 Å². The van der Waals surface area contributed by atoms with Gasteiger partial charge in [-0.3, -0.25) is 4.90 Å². The highest BCUT2D eigenvalue weighted by molar-refractivity contribution is 7.90. The molecule has 1 saturated carbocycles. The lowest BCUT2D eigenvalue weighted by Gasteiger charge is -2.30. The lowest BCUT2D eigenvalue weighted by molar-refractivity contribution is 0.209. The van der Waals surface area contributed by atoms with Crippen molar-refractivity contribution in [1.82, 2.24) is 10.2 Å². The molecule has 1 N–H and O–H groups in total. The largest absolute Gasteiger partial charge is 0.316 e. The summed E-state index contributed by atoms with van der Waals surface area (Å²) in [5, 5.41) is 3.43. The molecular weight excluding hydrogens is 272 g/mol. The molecule has 4 nitrogen and oxygen atoms in total. The van der Waals surface area contributed by atoms with Gasteiger partial charge in [-0.25, -0.2) is 8.42 Å². The van der Waals surface area contributed by atoms with E-state index in [2.05, 4.69) is 10.2 Å². The summed E-state index contributed by atoms with van der Waals surface area (Å²) < 4.78 is 22.5. The van der Waals surface area contributed by atoms with E-state index in [1.165, 1.54) is 31.9 Å². The Morgan fingerprint density at radius 1 is 1.28 bits per heavy atom. The first-order valence-corrected chi connectivity index (χ1v) is 8.73. The minimum Gasteiger partial charge on any atom is -0.316 e. The molecule has 1 heterocycles. The van der Waals surface area contributed by atoms with Crippen LogP contribution in [-0.2, 0) is 9.84 Å². The first-order chi connectivity index (χ1) is 8.04. The third-order valence-corrected chi connectivity index (χ3v) is 4.63. The SMILES string of the molecule is CS(=O)(=O)CCN(CC1CCCNC1)C1CC1.Cl. The number of hydrogen-bond acceptors (Lipinski definition) is 4. The van der Waals surface area contributed by atoms with Crippen LogP contribution in [0.5, 0.6) is 0 Å². The first-order valence-electron chi connectivity index (χ1n) is 6.67. The Bertz CT molecular complexity index is 338. The van der Waals surface area contributed by atoms with Crippen LogP contribution < -0.4 is 5.32 Å². The van der Waals surface area contributed by atoms with Gasteiger partial charge >= 0.3 is 0 Å². The zero-order valence-corrected chi connectivity index (χ0v) is 12.7. The molecule has 0 aromatic rings. The number of sulfone groups is 1. The predicted molar refractivity (Wildman–Crippen MR) is 77.1 cm³/mol. The number of nitrogens with zero attached hydrogens (tertiary/aromatic N) is 1. The summed E-state index contributed by atoms with van der Waals surface area (Å²) in [4.78, 5) is 2.40. The molecule has 0 spiro atoms. The Morgan fingerprint density at radius 3 is 2.50 bits per heavy atom. The van der Waals surface area contributed by atoms with E-state index in [4.69, 9.17) is 0 Å². The van der Waals surface area contributed by atoms with Gasteiger partial charge in [0, 0.05) is 25.4 Å². The maximum atomic E-state index is 11.2. The number of piperidine rings is 1. The van der Waals surface area contributed by atoms with Gasteiger partial charge in [0.15, 0.2) is 0 Å². The van der Waals surface area contributed by atoms with Gasteiger partial charge in [-0.1, -0.05) is 0 Å². The quantitative estimate of drug-likeness (QED) is 0.792. The van der Waals surface area contributed by atoms with Crippen LogP contribution in [0.15, 0.2) is 0 Å². The Kier molecular flexibility index (Phi) is 6.38. The summed E-state index contributed by atoms with van der Waals surface area (Å²) in [6.07, 6.45) is 6.39. The highest BCUT2D eigenvalue weighted by atomic mass is 35.5. The summed E-state index contributed by atoms with van der Waals surface area (Å²) in [6.45, 7) is 4.04. The molecule has 1 aliphatic carbocycles. The lowest BCUT2D eigenvalue weighted by Crippen LogP contribution is -2.40. The molecule has 0 aromatic carbocycles. The van der Waals surface area contributed by atoms with Crippen molar-refractivity contribution in [3.8, 4) is 0 Å². The molecule has 1 unspecified atom stereocenters. The van der Waals surface area contributed by atoms with Gasteiger partial charge in [0.25, 0.3) is 0 Å². The fraction of sp³-hybridized carbons (Fsp3) is 1.00. The average molecular weight is 297 g/mol. The second-order valence-corrected chi connectivity index (χ2v) is 7.83. The smallest absolute Gasteiger partial charge is 0.148 e. The molecule has 1 atom stereocenters. The van der Waals surface area contributed by atoms with E-state index in [-0.39, 0.29) is 12.4 Å². The second-order valence-electron chi connectivity index (χ2n) is 5.57. The van der Waals surface area contributed by atoms with Crippen LogP contribution in [0.2, 0.25) is 0 Å². The minimum absolute atomic E-state index is 0. The molecule has 2 aliphatic rings. The molecule has 2 fully saturated rings. The van der Waals surface area contributed by atoms with Crippen LogP contribution in [0.25, 0.3) is 0 Å². The monoisotopic (exact) mass is 296 g/mol. The molecule has 2 rings (SSSR count). The number of nitrogens with one attached hydrogen (secondary N) is 1. The van der Waals surface area contributed by atoms with Crippen molar-refractivity contribution in [2.45, 2.75) is 31.7 Å². The van der Waals surface area contributed by atoms with Gasteiger partial charge in [0.05, 0.1) is 5.75 Å². The summed E-state index contributed by atoms with van der Waals surface area (Å²) in [5.74, 6) is 1.02. The van der Waals surface area contributed by atoms with Crippen LogP contribution in [0.4, 0.5) is 0 Å². The number of hydrogen-bond donors (Lipinski definition) is 1. The van der Waals surface area contributed by atoms with E-state index >= 15 is 0 Å². The van der Waals surface area contributed by atoms with Crippen molar-refractivity contribution in [1.29, 1.82) is 0 Å². The average Bonchev–Trinajstić information content (AvgIpc) is 3.08. The third kappa shape index (κ3) is 5.87. The van der Waals surface area contributed by atoms with Crippen molar-refractivity contribution in [3.05, 3.63) is 0 Å². The first kappa shape index (κ1) is 16.2. The van der Waals surface area contributed by atoms with Gasteiger partial charge < -0.3 is 5.32 Å². The van der Waals surface area contributed by atoms with Crippen LogP contribution in [0, 0.1) is 5.92 Å². The van der Waals surface area contributed by atoms with E-state index < -0.39 is 9.84 Å². The summed E-state index contributed by atoms with van der Waals surface area (Å²) in [6, 6.07) is 0.665. The normalized spacial score (nSPS) is 24.9. The standard InChI is InChI=1S/C12H24N2O2S.ClH/c1-17(15,16)8-7-14(12-4-5-12)10-11-3-2-6-13-9-11;/h11-13H,2-10H2,1H3;1H. The molecular formula is C12H25ClN2O2S. The van der Waals surface area contributed by atoms with Crippen LogP contribution in [0.3, 0.4) is 0 Å². The van der Waals surface area contributed by atoms with Crippen molar-refractivity contribution in [2.24, 2.45) is 5.92 Å². The molecule has 0 aromatic heterocycles. The van der Waals surface area contributed by atoms with Crippen LogP contribution >= 0.6 is 12.4 Å². The Balaban J connectivity index is 0.00000162. The predicted octanol–water partition coefficient (Wildman–Crippen LogP) is 0.917. The molecule has 18 heavy (non-hydrogen) atoms. The summed E-state index contributed by atoms with van der Waals surface area (Å²) in [5.41, 5.74) is 0. The van der Waals surface area contributed by atoms with Crippen LogP contribution in [0.1, 0.15) is 25.7 Å². The van der Waals surface area contributed by atoms with Crippen molar-refractivity contribution < 1.29 is 8.42 Å². The van der Waals surface area contributed by atoms with E-state index in [1.54, 1.807) is 0 Å². The maximum absolute atomic E-state index is 11.2. The van der Waals surface area contributed by atoms with Crippen molar-refractivity contribution >= 4 is 22.2 Å². The minimum atomic E-state index is -2.82. The number of halogens is 1. The van der Waals surface area contributed by atoms with E-state index in [9.17, 15) is 8.42 Å². The van der Waals surface area contributed by atoms with E-state index in [0.29, 0.717) is 17.7 Å². The van der Waals surface area contributed by atoms with Gasteiger partial charge in [-0.05, 0) is 44.7 Å².